The first-order valence-electron chi connectivity index (χ1n) is 7.85. The second-order valence-corrected chi connectivity index (χ2v) is 7.14. The molecular weight excluding hydrogens is 363 g/mol. The summed E-state index contributed by atoms with van der Waals surface area (Å²) in [5.74, 6) is -0.157. The monoisotopic (exact) mass is 376 g/mol. The number of phenols is 1. The Morgan fingerprint density at radius 1 is 1.24 bits per heavy atom. The van der Waals surface area contributed by atoms with Gasteiger partial charge < -0.3 is 10.4 Å². The highest BCUT2D eigenvalue weighted by Crippen LogP contribution is 2.56. The molecule has 128 valence electrons. The highest BCUT2D eigenvalue weighted by Gasteiger charge is 2.43. The number of fused-ring (bicyclic) bond motifs is 3. The Labute approximate surface area is 154 Å². The van der Waals surface area contributed by atoms with E-state index in [2.05, 4.69) is 5.32 Å². The predicted molar refractivity (Wildman–Crippen MR) is 97.6 cm³/mol. The van der Waals surface area contributed by atoms with Gasteiger partial charge in [0.15, 0.2) is 0 Å². The number of benzene rings is 2. The van der Waals surface area contributed by atoms with Crippen LogP contribution in [0.15, 0.2) is 42.5 Å². The number of allylic oxidation sites excluding steroid dienone is 2. The van der Waals surface area contributed by atoms with Gasteiger partial charge in [-0.2, -0.15) is 0 Å². The summed E-state index contributed by atoms with van der Waals surface area (Å²) in [7, 11) is 0. The van der Waals surface area contributed by atoms with Crippen LogP contribution in [0, 0.1) is 16.0 Å². The second-order valence-electron chi connectivity index (χ2n) is 6.30. The standard InChI is InChI=1S/C18H14Cl2N2O3/c19-10-6-4-9(5-7-10)16-12-3-1-2-11(12)15-17(21-16)14(23)8-13(20)18(15)22(24)25/h1-2,4-8,11-12,16,21,23H,3H2/t11-,12-,16-/m0/s1. The smallest absolute Gasteiger partial charge is 0.293 e. The first-order chi connectivity index (χ1) is 12.0. The van der Waals surface area contributed by atoms with Crippen molar-refractivity contribution in [3.05, 3.63) is 73.8 Å². The summed E-state index contributed by atoms with van der Waals surface area (Å²) in [6.45, 7) is 0. The molecule has 7 heteroatoms. The molecule has 2 aromatic carbocycles. The second kappa shape index (κ2) is 5.93. The molecule has 0 unspecified atom stereocenters. The molecule has 4 rings (SSSR count). The molecule has 0 amide bonds. The number of nitro benzene ring substituents is 1. The number of hydrogen-bond donors (Lipinski definition) is 2. The summed E-state index contributed by atoms with van der Waals surface area (Å²) in [6, 6.07) is 8.63. The third-order valence-corrected chi connectivity index (χ3v) is 5.50. The summed E-state index contributed by atoms with van der Waals surface area (Å²) in [5.41, 5.74) is 1.71. The van der Waals surface area contributed by atoms with Crippen molar-refractivity contribution < 1.29 is 10.0 Å². The minimum absolute atomic E-state index is 0.0490. The molecular formula is C18H14Cl2N2O3. The minimum Gasteiger partial charge on any atom is -0.506 e. The largest absolute Gasteiger partial charge is 0.506 e. The Bertz CT molecular complexity index is 896. The van der Waals surface area contributed by atoms with E-state index in [1.807, 2.05) is 36.4 Å². The van der Waals surface area contributed by atoms with Gasteiger partial charge in [-0.25, -0.2) is 0 Å². The van der Waals surface area contributed by atoms with Crippen molar-refractivity contribution >= 4 is 34.6 Å². The van der Waals surface area contributed by atoms with E-state index in [9.17, 15) is 15.2 Å². The highest BCUT2D eigenvalue weighted by molar-refractivity contribution is 6.33. The highest BCUT2D eigenvalue weighted by atomic mass is 35.5. The molecule has 0 radical (unpaired) electrons. The topological polar surface area (TPSA) is 75.4 Å². The fourth-order valence-corrected chi connectivity index (χ4v) is 4.30. The van der Waals surface area contributed by atoms with Crippen LogP contribution in [0.2, 0.25) is 10.0 Å². The van der Waals surface area contributed by atoms with Crippen molar-refractivity contribution in [2.45, 2.75) is 18.4 Å². The van der Waals surface area contributed by atoms with Gasteiger partial charge in [0.25, 0.3) is 5.69 Å². The van der Waals surface area contributed by atoms with Crippen LogP contribution >= 0.6 is 23.2 Å². The fourth-order valence-electron chi connectivity index (χ4n) is 3.90. The normalized spacial score (nSPS) is 23.7. The van der Waals surface area contributed by atoms with Crippen LogP contribution in [-0.2, 0) is 0 Å². The molecule has 3 atom stereocenters. The van der Waals surface area contributed by atoms with E-state index in [0.29, 0.717) is 16.3 Å². The van der Waals surface area contributed by atoms with Gasteiger partial charge in [-0.1, -0.05) is 47.5 Å². The molecule has 1 heterocycles. The molecule has 0 saturated heterocycles. The number of hydrogen-bond acceptors (Lipinski definition) is 4. The summed E-state index contributed by atoms with van der Waals surface area (Å²) in [6.07, 6.45) is 4.78. The van der Waals surface area contributed by atoms with Crippen LogP contribution < -0.4 is 5.32 Å². The number of nitro groups is 1. The van der Waals surface area contributed by atoms with Crippen LogP contribution in [0.1, 0.15) is 29.5 Å². The lowest BCUT2D eigenvalue weighted by atomic mass is 9.76. The minimum atomic E-state index is -0.478. The van der Waals surface area contributed by atoms with E-state index in [1.54, 1.807) is 0 Å². The average Bonchev–Trinajstić information content (AvgIpc) is 3.04. The molecule has 1 aliphatic heterocycles. The fraction of sp³-hybridized carbons (Fsp3) is 0.222. The van der Waals surface area contributed by atoms with Gasteiger partial charge in [-0.15, -0.1) is 0 Å². The maximum atomic E-state index is 11.6. The van der Waals surface area contributed by atoms with Crippen LogP contribution in [0.3, 0.4) is 0 Å². The lowest BCUT2D eigenvalue weighted by Crippen LogP contribution is -2.29. The molecule has 0 spiro atoms. The van der Waals surface area contributed by atoms with Gasteiger partial charge >= 0.3 is 0 Å². The van der Waals surface area contributed by atoms with E-state index in [0.717, 1.165) is 12.0 Å². The Morgan fingerprint density at radius 3 is 2.64 bits per heavy atom. The van der Waals surface area contributed by atoms with E-state index < -0.39 is 4.92 Å². The molecule has 2 aliphatic rings. The van der Waals surface area contributed by atoms with Gasteiger partial charge in [-0.05, 0) is 30.0 Å². The Balaban J connectivity index is 1.89. The third kappa shape index (κ3) is 2.55. The molecule has 25 heavy (non-hydrogen) atoms. The average molecular weight is 377 g/mol. The van der Waals surface area contributed by atoms with Crippen LogP contribution in [0.5, 0.6) is 5.75 Å². The van der Waals surface area contributed by atoms with Gasteiger partial charge in [-0.3, -0.25) is 10.1 Å². The van der Waals surface area contributed by atoms with Gasteiger partial charge in [0, 0.05) is 17.0 Å². The first-order valence-corrected chi connectivity index (χ1v) is 8.61. The van der Waals surface area contributed by atoms with Crippen molar-refractivity contribution in [3.8, 4) is 5.75 Å². The van der Waals surface area contributed by atoms with E-state index in [1.165, 1.54) is 6.07 Å². The number of phenolic OH excluding ortho intramolecular Hbond substituents is 1. The first kappa shape index (κ1) is 16.2. The number of nitrogens with one attached hydrogen (secondary N) is 1. The van der Waals surface area contributed by atoms with Crippen LogP contribution in [0.25, 0.3) is 0 Å². The number of nitrogens with zero attached hydrogens (tertiary/aromatic N) is 1. The zero-order valence-electron chi connectivity index (χ0n) is 12.9. The third-order valence-electron chi connectivity index (χ3n) is 4.96. The number of rotatable bonds is 2. The predicted octanol–water partition coefficient (Wildman–Crippen LogP) is 5.43. The molecule has 1 aliphatic carbocycles. The quantitative estimate of drug-likeness (QED) is 0.317. The lowest BCUT2D eigenvalue weighted by molar-refractivity contribution is -0.385. The molecule has 2 aromatic rings. The molecule has 0 saturated carbocycles. The Hall–Kier alpha value is -2.24. The van der Waals surface area contributed by atoms with Crippen molar-refractivity contribution in [1.29, 1.82) is 0 Å². The summed E-state index contributed by atoms with van der Waals surface area (Å²) >= 11 is 12.0. The molecule has 0 fully saturated rings. The Morgan fingerprint density at radius 2 is 1.96 bits per heavy atom. The van der Waals surface area contributed by atoms with Gasteiger partial charge in [0.2, 0.25) is 0 Å². The molecule has 2 N–H and O–H groups in total. The summed E-state index contributed by atoms with van der Waals surface area (Å²) < 4.78 is 0. The molecule has 5 nitrogen and oxygen atoms in total. The van der Waals surface area contributed by atoms with Gasteiger partial charge in [0.05, 0.1) is 22.2 Å². The van der Waals surface area contributed by atoms with Crippen LogP contribution in [-0.4, -0.2) is 10.0 Å². The maximum Gasteiger partial charge on any atom is 0.293 e. The van der Waals surface area contributed by atoms with Crippen molar-refractivity contribution in [3.63, 3.8) is 0 Å². The van der Waals surface area contributed by atoms with Crippen LogP contribution in [0.4, 0.5) is 11.4 Å². The lowest BCUT2D eigenvalue weighted by Gasteiger charge is -2.37. The number of aromatic hydroxyl groups is 1. The maximum absolute atomic E-state index is 11.6. The zero-order valence-corrected chi connectivity index (χ0v) is 14.5. The van der Waals surface area contributed by atoms with Crippen molar-refractivity contribution in [2.24, 2.45) is 5.92 Å². The summed E-state index contributed by atoms with van der Waals surface area (Å²) in [4.78, 5) is 11.1. The van der Waals surface area contributed by atoms with Gasteiger partial charge in [0.1, 0.15) is 10.8 Å². The number of anilines is 1. The van der Waals surface area contributed by atoms with Crippen molar-refractivity contribution in [2.75, 3.05) is 5.32 Å². The molecule has 0 bridgehead atoms. The summed E-state index contributed by atoms with van der Waals surface area (Å²) in [5, 5.41) is 25.8. The SMILES string of the molecule is O=[N+]([O-])c1c(Cl)cc(O)c2c1[C@H]1C=CC[C@@H]1[C@H](c1ccc(Cl)cc1)N2. The van der Waals surface area contributed by atoms with Crippen molar-refractivity contribution in [1.82, 2.24) is 0 Å². The zero-order chi connectivity index (χ0) is 17.7. The van der Waals surface area contributed by atoms with E-state index in [-0.39, 0.29) is 34.3 Å². The van der Waals surface area contributed by atoms with E-state index in [4.69, 9.17) is 23.2 Å². The number of halogens is 2. The van der Waals surface area contributed by atoms with E-state index >= 15 is 0 Å². The molecule has 0 aromatic heterocycles. The Kier molecular flexibility index (Phi) is 3.85.